The third-order valence-corrected chi connectivity index (χ3v) is 3.93. The van der Waals surface area contributed by atoms with Crippen molar-refractivity contribution < 1.29 is 4.74 Å². The summed E-state index contributed by atoms with van der Waals surface area (Å²) in [7, 11) is 3.75. The molecule has 1 saturated carbocycles. The van der Waals surface area contributed by atoms with E-state index in [9.17, 15) is 0 Å². The van der Waals surface area contributed by atoms with Gasteiger partial charge < -0.3 is 15.4 Å². The van der Waals surface area contributed by atoms with Gasteiger partial charge in [0.1, 0.15) is 5.75 Å². The molecule has 3 heteroatoms. The third kappa shape index (κ3) is 3.24. The summed E-state index contributed by atoms with van der Waals surface area (Å²) in [5.41, 5.74) is 1.78. The van der Waals surface area contributed by atoms with Gasteiger partial charge in [0.25, 0.3) is 0 Å². The van der Waals surface area contributed by atoms with Gasteiger partial charge in [0.15, 0.2) is 0 Å². The number of rotatable bonds is 7. The second-order valence-electron chi connectivity index (χ2n) is 5.34. The second kappa shape index (κ2) is 6.21. The van der Waals surface area contributed by atoms with Gasteiger partial charge in [-0.05, 0) is 43.0 Å². The lowest BCUT2D eigenvalue weighted by atomic mass is 9.68. The first-order valence-electron chi connectivity index (χ1n) is 6.76. The van der Waals surface area contributed by atoms with Crippen LogP contribution < -0.4 is 15.4 Å². The van der Waals surface area contributed by atoms with Gasteiger partial charge in [-0.25, -0.2) is 0 Å². The molecular weight excluding hydrogens is 224 g/mol. The van der Waals surface area contributed by atoms with Crippen LogP contribution in [-0.4, -0.2) is 27.2 Å². The summed E-state index contributed by atoms with van der Waals surface area (Å²) in [5.74, 6) is 0.933. The van der Waals surface area contributed by atoms with Crippen molar-refractivity contribution in [2.75, 3.05) is 27.2 Å². The molecule has 2 rings (SSSR count). The summed E-state index contributed by atoms with van der Waals surface area (Å²) in [6, 6.07) is 8.26. The molecule has 1 aromatic rings. The number of ether oxygens (including phenoxy) is 1. The minimum Gasteiger partial charge on any atom is -0.497 e. The molecule has 2 N–H and O–H groups in total. The van der Waals surface area contributed by atoms with Gasteiger partial charge in [0.05, 0.1) is 7.11 Å². The first-order chi connectivity index (χ1) is 8.78. The van der Waals surface area contributed by atoms with Crippen molar-refractivity contribution in [2.24, 2.45) is 5.41 Å². The van der Waals surface area contributed by atoms with E-state index in [2.05, 4.69) is 22.8 Å². The van der Waals surface area contributed by atoms with Crippen LogP contribution in [0.2, 0.25) is 0 Å². The topological polar surface area (TPSA) is 33.3 Å². The van der Waals surface area contributed by atoms with E-state index in [1.807, 2.05) is 19.2 Å². The van der Waals surface area contributed by atoms with Crippen molar-refractivity contribution in [3.8, 4) is 5.75 Å². The van der Waals surface area contributed by atoms with Crippen LogP contribution in [0.1, 0.15) is 24.8 Å². The van der Waals surface area contributed by atoms with Crippen molar-refractivity contribution in [1.82, 2.24) is 10.6 Å². The highest BCUT2D eigenvalue weighted by atomic mass is 16.5. The Hall–Kier alpha value is -1.06. The second-order valence-corrected chi connectivity index (χ2v) is 5.34. The van der Waals surface area contributed by atoms with Gasteiger partial charge >= 0.3 is 0 Å². The number of benzene rings is 1. The third-order valence-electron chi connectivity index (χ3n) is 3.93. The van der Waals surface area contributed by atoms with Crippen molar-refractivity contribution in [2.45, 2.75) is 25.8 Å². The van der Waals surface area contributed by atoms with Gasteiger partial charge in [-0.15, -0.1) is 0 Å². The first-order valence-corrected chi connectivity index (χ1v) is 6.76. The fraction of sp³-hybridized carbons (Fsp3) is 0.600. The molecule has 0 atom stereocenters. The van der Waals surface area contributed by atoms with Crippen LogP contribution in [0, 0.1) is 5.41 Å². The molecule has 1 aromatic carbocycles. The first kappa shape index (κ1) is 13.4. The average molecular weight is 248 g/mol. The summed E-state index contributed by atoms with van der Waals surface area (Å²) in [6.45, 7) is 3.14. The molecule has 0 aliphatic heterocycles. The van der Waals surface area contributed by atoms with Gasteiger partial charge in [0.2, 0.25) is 0 Å². The minimum absolute atomic E-state index is 0.494. The SMILES string of the molecule is CNCC1(CNCc2cccc(OC)c2)CCC1. The van der Waals surface area contributed by atoms with Gasteiger partial charge in [-0.1, -0.05) is 18.6 Å². The predicted molar refractivity (Wildman–Crippen MR) is 74.9 cm³/mol. The summed E-state index contributed by atoms with van der Waals surface area (Å²) >= 11 is 0. The van der Waals surface area contributed by atoms with E-state index in [0.29, 0.717) is 5.41 Å². The van der Waals surface area contributed by atoms with E-state index < -0.39 is 0 Å². The molecule has 0 aromatic heterocycles. The van der Waals surface area contributed by atoms with E-state index in [1.54, 1.807) is 7.11 Å². The van der Waals surface area contributed by atoms with Crippen LogP contribution in [0.15, 0.2) is 24.3 Å². The number of nitrogens with one attached hydrogen (secondary N) is 2. The smallest absolute Gasteiger partial charge is 0.119 e. The van der Waals surface area contributed by atoms with E-state index >= 15 is 0 Å². The fourth-order valence-electron chi connectivity index (χ4n) is 2.72. The molecule has 1 aliphatic carbocycles. The molecule has 100 valence electrons. The molecule has 0 bridgehead atoms. The highest BCUT2D eigenvalue weighted by Crippen LogP contribution is 2.39. The molecule has 1 fully saturated rings. The molecule has 0 saturated heterocycles. The summed E-state index contributed by atoms with van der Waals surface area (Å²) in [4.78, 5) is 0. The molecule has 3 nitrogen and oxygen atoms in total. The Balaban J connectivity index is 1.80. The van der Waals surface area contributed by atoms with E-state index in [-0.39, 0.29) is 0 Å². The van der Waals surface area contributed by atoms with E-state index in [4.69, 9.17) is 4.74 Å². The molecule has 18 heavy (non-hydrogen) atoms. The highest BCUT2D eigenvalue weighted by molar-refractivity contribution is 5.28. The summed E-state index contributed by atoms with van der Waals surface area (Å²) in [6.07, 6.45) is 4.07. The van der Waals surface area contributed by atoms with Crippen molar-refractivity contribution >= 4 is 0 Å². The van der Waals surface area contributed by atoms with Crippen molar-refractivity contribution in [1.29, 1.82) is 0 Å². The monoisotopic (exact) mass is 248 g/mol. The van der Waals surface area contributed by atoms with Crippen molar-refractivity contribution in [3.63, 3.8) is 0 Å². The Bertz CT molecular complexity index is 375. The minimum atomic E-state index is 0.494. The number of methoxy groups -OCH3 is 1. The van der Waals surface area contributed by atoms with Crippen LogP contribution in [-0.2, 0) is 6.54 Å². The average Bonchev–Trinajstić information content (AvgIpc) is 2.36. The summed E-state index contributed by atoms with van der Waals surface area (Å²) < 4.78 is 5.24. The molecule has 0 heterocycles. The molecule has 0 spiro atoms. The maximum atomic E-state index is 5.24. The molecule has 0 unspecified atom stereocenters. The maximum absolute atomic E-state index is 5.24. The van der Waals surface area contributed by atoms with Crippen LogP contribution >= 0.6 is 0 Å². The largest absolute Gasteiger partial charge is 0.497 e. The van der Waals surface area contributed by atoms with Crippen LogP contribution in [0.5, 0.6) is 5.75 Å². The molecule has 1 aliphatic rings. The molecule has 0 radical (unpaired) electrons. The summed E-state index contributed by atoms with van der Waals surface area (Å²) in [5, 5.41) is 6.90. The standard InChI is InChI=1S/C15H24N2O/c1-16-11-15(7-4-8-15)12-17-10-13-5-3-6-14(9-13)18-2/h3,5-6,9,16-17H,4,7-8,10-12H2,1-2H3. The van der Waals surface area contributed by atoms with E-state index in [0.717, 1.165) is 25.4 Å². The molecular formula is C15H24N2O. The zero-order valence-electron chi connectivity index (χ0n) is 11.5. The van der Waals surface area contributed by atoms with Crippen LogP contribution in [0.3, 0.4) is 0 Å². The lowest BCUT2D eigenvalue weighted by molar-refractivity contribution is 0.130. The lowest BCUT2D eigenvalue weighted by Gasteiger charge is -2.42. The fourth-order valence-corrected chi connectivity index (χ4v) is 2.72. The quantitative estimate of drug-likeness (QED) is 0.776. The highest BCUT2D eigenvalue weighted by Gasteiger charge is 2.35. The van der Waals surface area contributed by atoms with E-state index in [1.165, 1.54) is 24.8 Å². The number of hydrogen-bond donors (Lipinski definition) is 2. The Morgan fingerprint density at radius 1 is 1.28 bits per heavy atom. The Labute approximate surface area is 110 Å². The van der Waals surface area contributed by atoms with Crippen LogP contribution in [0.4, 0.5) is 0 Å². The van der Waals surface area contributed by atoms with Gasteiger partial charge in [0, 0.05) is 19.6 Å². The normalized spacial score (nSPS) is 17.2. The predicted octanol–water partition coefficient (Wildman–Crippen LogP) is 2.17. The van der Waals surface area contributed by atoms with Crippen LogP contribution in [0.25, 0.3) is 0 Å². The molecule has 0 amide bonds. The Kier molecular flexibility index (Phi) is 4.61. The lowest BCUT2D eigenvalue weighted by Crippen LogP contribution is -2.46. The zero-order chi connectivity index (χ0) is 12.8. The van der Waals surface area contributed by atoms with Gasteiger partial charge in [-0.3, -0.25) is 0 Å². The van der Waals surface area contributed by atoms with Crippen molar-refractivity contribution in [3.05, 3.63) is 29.8 Å². The maximum Gasteiger partial charge on any atom is 0.119 e. The Morgan fingerprint density at radius 3 is 2.72 bits per heavy atom. The Morgan fingerprint density at radius 2 is 2.11 bits per heavy atom. The number of hydrogen-bond acceptors (Lipinski definition) is 3. The zero-order valence-corrected chi connectivity index (χ0v) is 11.5. The van der Waals surface area contributed by atoms with Gasteiger partial charge in [-0.2, -0.15) is 0 Å².